The van der Waals surface area contributed by atoms with Crippen molar-refractivity contribution in [2.45, 2.75) is 41.9 Å². The van der Waals surface area contributed by atoms with E-state index in [0.29, 0.717) is 15.5 Å². The standard InChI is InChI=1S/C25H24N2O4S/c1-17-4-2-7-20(14-17)32(30,31)21-8-9-22-18(5-3-6-19(22)15-21)10-13-27-24-16-26-12-11-23(24)25(28)29/h2,4,7-16,18,27H,3,5-6H2,1H3,(H,28,29)/b13-10+. The number of carboxylic acids is 1. The van der Waals surface area contributed by atoms with Crippen molar-refractivity contribution in [3.05, 3.63) is 95.5 Å². The quantitative estimate of drug-likeness (QED) is 0.553. The molecule has 1 unspecified atom stereocenters. The predicted octanol–water partition coefficient (Wildman–Crippen LogP) is 4.97. The van der Waals surface area contributed by atoms with Gasteiger partial charge in [-0.3, -0.25) is 4.98 Å². The van der Waals surface area contributed by atoms with Crippen LogP contribution < -0.4 is 5.32 Å². The van der Waals surface area contributed by atoms with E-state index in [1.807, 2.05) is 25.1 Å². The van der Waals surface area contributed by atoms with Crippen molar-refractivity contribution in [2.24, 2.45) is 0 Å². The van der Waals surface area contributed by atoms with Crippen LogP contribution in [0.3, 0.4) is 0 Å². The van der Waals surface area contributed by atoms with Crippen molar-refractivity contribution in [3.63, 3.8) is 0 Å². The number of sulfone groups is 1. The zero-order valence-corrected chi connectivity index (χ0v) is 18.5. The van der Waals surface area contributed by atoms with Gasteiger partial charge < -0.3 is 10.4 Å². The highest BCUT2D eigenvalue weighted by Crippen LogP contribution is 2.35. The Morgan fingerprint density at radius 3 is 2.75 bits per heavy atom. The topological polar surface area (TPSA) is 96.4 Å². The lowest BCUT2D eigenvalue weighted by molar-refractivity contribution is 0.0698. The summed E-state index contributed by atoms with van der Waals surface area (Å²) in [5, 5.41) is 12.3. The van der Waals surface area contributed by atoms with Crippen LogP contribution in [-0.4, -0.2) is 24.5 Å². The van der Waals surface area contributed by atoms with Gasteiger partial charge in [0.2, 0.25) is 9.84 Å². The van der Waals surface area contributed by atoms with Gasteiger partial charge in [-0.05, 0) is 79.4 Å². The number of carbonyl (C=O) groups is 1. The number of nitrogens with zero attached hydrogens (tertiary/aromatic N) is 1. The smallest absolute Gasteiger partial charge is 0.337 e. The van der Waals surface area contributed by atoms with Crippen LogP contribution in [0.1, 0.15) is 45.8 Å². The molecule has 1 aliphatic carbocycles. The van der Waals surface area contributed by atoms with Crippen LogP contribution in [0.5, 0.6) is 0 Å². The molecule has 1 heterocycles. The highest BCUT2D eigenvalue weighted by molar-refractivity contribution is 7.91. The minimum absolute atomic E-state index is 0.118. The summed E-state index contributed by atoms with van der Waals surface area (Å²) in [5.74, 6) is -0.902. The van der Waals surface area contributed by atoms with Gasteiger partial charge in [0.25, 0.3) is 0 Å². The molecular formula is C25H24N2O4S. The van der Waals surface area contributed by atoms with Gasteiger partial charge in [-0.2, -0.15) is 0 Å². The second kappa shape index (κ2) is 8.96. The van der Waals surface area contributed by atoms with E-state index < -0.39 is 15.8 Å². The predicted molar refractivity (Wildman–Crippen MR) is 123 cm³/mol. The number of hydrogen-bond acceptors (Lipinski definition) is 5. The molecule has 2 N–H and O–H groups in total. The highest BCUT2D eigenvalue weighted by atomic mass is 32.2. The number of allylic oxidation sites excluding steroid dienone is 1. The van der Waals surface area contributed by atoms with E-state index in [-0.39, 0.29) is 11.5 Å². The second-order valence-corrected chi connectivity index (χ2v) is 9.86. The maximum absolute atomic E-state index is 13.1. The molecule has 2 aromatic carbocycles. The minimum Gasteiger partial charge on any atom is -0.478 e. The molecule has 0 amide bonds. The number of anilines is 1. The molecule has 7 heteroatoms. The number of rotatable bonds is 6. The first-order chi connectivity index (χ1) is 15.4. The summed E-state index contributed by atoms with van der Waals surface area (Å²) >= 11 is 0. The van der Waals surface area contributed by atoms with Gasteiger partial charge in [0.1, 0.15) is 0 Å². The zero-order chi connectivity index (χ0) is 22.7. The molecule has 164 valence electrons. The van der Waals surface area contributed by atoms with Gasteiger partial charge >= 0.3 is 5.97 Å². The number of benzene rings is 2. The van der Waals surface area contributed by atoms with Gasteiger partial charge in [0.15, 0.2) is 0 Å². The van der Waals surface area contributed by atoms with Gasteiger partial charge in [-0.15, -0.1) is 0 Å². The van der Waals surface area contributed by atoms with E-state index in [1.54, 1.807) is 36.5 Å². The molecule has 4 rings (SSSR count). The third-order valence-corrected chi connectivity index (χ3v) is 7.45. The van der Waals surface area contributed by atoms with Crippen molar-refractivity contribution >= 4 is 21.5 Å². The first-order valence-corrected chi connectivity index (χ1v) is 11.9. The summed E-state index contributed by atoms with van der Waals surface area (Å²) in [5.41, 5.74) is 3.61. The van der Waals surface area contributed by atoms with Gasteiger partial charge in [0.05, 0.1) is 27.2 Å². The summed E-state index contributed by atoms with van der Waals surface area (Å²) in [6, 6.07) is 13.8. The number of hydrogen-bond donors (Lipinski definition) is 2. The summed E-state index contributed by atoms with van der Waals surface area (Å²) in [4.78, 5) is 15.9. The molecule has 0 fully saturated rings. The Balaban J connectivity index is 1.58. The maximum atomic E-state index is 13.1. The number of aryl methyl sites for hydroxylation is 2. The summed E-state index contributed by atoms with van der Waals surface area (Å²) in [6.07, 6.45) is 9.36. The SMILES string of the molecule is Cc1cccc(S(=O)(=O)c2ccc3c(c2)CCCC3/C=C/Nc2cnccc2C(=O)O)c1. The minimum atomic E-state index is -3.57. The van der Waals surface area contributed by atoms with E-state index in [1.165, 1.54) is 18.5 Å². The molecular weight excluding hydrogens is 424 g/mol. The summed E-state index contributed by atoms with van der Waals surface area (Å²) < 4.78 is 26.2. The molecule has 1 aromatic heterocycles. The Bertz CT molecular complexity index is 1300. The number of nitrogens with one attached hydrogen (secondary N) is 1. The van der Waals surface area contributed by atoms with Crippen LogP contribution in [0, 0.1) is 6.92 Å². The van der Waals surface area contributed by atoms with Crippen molar-refractivity contribution in [2.75, 3.05) is 5.32 Å². The van der Waals surface area contributed by atoms with Crippen molar-refractivity contribution in [3.8, 4) is 0 Å². The van der Waals surface area contributed by atoms with E-state index in [4.69, 9.17) is 0 Å². The largest absolute Gasteiger partial charge is 0.478 e. The molecule has 3 aromatic rings. The van der Waals surface area contributed by atoms with Crippen LogP contribution in [-0.2, 0) is 16.3 Å². The average molecular weight is 449 g/mol. The molecule has 32 heavy (non-hydrogen) atoms. The Morgan fingerprint density at radius 2 is 1.97 bits per heavy atom. The van der Waals surface area contributed by atoms with Crippen LogP contribution in [0.15, 0.2) is 83.0 Å². The number of fused-ring (bicyclic) bond motifs is 1. The third kappa shape index (κ3) is 4.43. The molecule has 1 aliphatic rings. The first-order valence-electron chi connectivity index (χ1n) is 10.4. The molecule has 0 radical (unpaired) electrons. The molecule has 0 saturated carbocycles. The Kier molecular flexibility index (Phi) is 6.10. The number of aromatic carboxylic acids is 1. The Labute approximate surface area is 187 Å². The highest BCUT2D eigenvalue weighted by Gasteiger charge is 2.23. The summed E-state index contributed by atoms with van der Waals surface area (Å²) in [6.45, 7) is 1.88. The van der Waals surface area contributed by atoms with Gasteiger partial charge in [-0.25, -0.2) is 13.2 Å². The van der Waals surface area contributed by atoms with Crippen LogP contribution in [0.2, 0.25) is 0 Å². The maximum Gasteiger partial charge on any atom is 0.337 e. The molecule has 0 bridgehead atoms. The van der Waals surface area contributed by atoms with Crippen molar-refractivity contribution in [1.82, 2.24) is 4.98 Å². The lowest BCUT2D eigenvalue weighted by Gasteiger charge is -2.24. The zero-order valence-electron chi connectivity index (χ0n) is 17.7. The fourth-order valence-corrected chi connectivity index (χ4v) is 5.48. The van der Waals surface area contributed by atoms with E-state index >= 15 is 0 Å². The van der Waals surface area contributed by atoms with Crippen molar-refractivity contribution in [1.29, 1.82) is 0 Å². The van der Waals surface area contributed by atoms with Crippen LogP contribution >= 0.6 is 0 Å². The first kappa shape index (κ1) is 21.8. The number of aromatic nitrogens is 1. The average Bonchev–Trinajstić information content (AvgIpc) is 2.79. The van der Waals surface area contributed by atoms with E-state index in [0.717, 1.165) is 36.0 Å². The molecule has 0 saturated heterocycles. The monoisotopic (exact) mass is 448 g/mol. The molecule has 0 spiro atoms. The molecule has 1 atom stereocenters. The van der Waals surface area contributed by atoms with Crippen LogP contribution in [0.4, 0.5) is 5.69 Å². The lowest BCUT2D eigenvalue weighted by Crippen LogP contribution is -2.11. The fraction of sp³-hybridized carbons (Fsp3) is 0.200. The van der Waals surface area contributed by atoms with E-state index in [9.17, 15) is 18.3 Å². The second-order valence-electron chi connectivity index (χ2n) is 7.91. The van der Waals surface area contributed by atoms with E-state index in [2.05, 4.69) is 10.3 Å². The normalized spacial score (nSPS) is 16.0. The molecule has 6 nitrogen and oxygen atoms in total. The summed E-state index contributed by atoms with van der Waals surface area (Å²) in [7, 11) is -3.57. The molecule has 0 aliphatic heterocycles. The Morgan fingerprint density at radius 1 is 1.16 bits per heavy atom. The van der Waals surface area contributed by atoms with Gasteiger partial charge in [0, 0.05) is 12.1 Å². The number of carboxylic acid groups (broad SMARTS) is 1. The van der Waals surface area contributed by atoms with Crippen molar-refractivity contribution < 1.29 is 18.3 Å². The van der Waals surface area contributed by atoms with Gasteiger partial charge in [-0.1, -0.05) is 24.3 Å². The lowest BCUT2D eigenvalue weighted by atomic mass is 9.83. The number of pyridine rings is 1. The van der Waals surface area contributed by atoms with Crippen LogP contribution in [0.25, 0.3) is 0 Å². The fourth-order valence-electron chi connectivity index (χ4n) is 4.06. The Hall–Kier alpha value is -3.45. The third-order valence-electron chi connectivity index (χ3n) is 5.70.